The van der Waals surface area contributed by atoms with Gasteiger partial charge in [-0.3, -0.25) is 0 Å². The van der Waals surface area contributed by atoms with E-state index in [4.69, 9.17) is 0 Å². The second kappa shape index (κ2) is 12.0. The van der Waals surface area contributed by atoms with E-state index in [2.05, 4.69) is 13.8 Å². The van der Waals surface area contributed by atoms with Crippen LogP contribution in [0.4, 0.5) is 0 Å². The molecule has 15 heavy (non-hydrogen) atoms. The Bertz CT molecular complexity index is 115. The van der Waals surface area contributed by atoms with Crippen molar-refractivity contribution >= 4 is 0 Å². The van der Waals surface area contributed by atoms with Crippen LogP contribution in [0, 0.1) is 11.1 Å². The van der Waals surface area contributed by atoms with Crippen molar-refractivity contribution in [2.75, 3.05) is 6.54 Å². The zero-order valence-electron chi connectivity index (χ0n) is 10.6. The Morgan fingerprint density at radius 2 is 1.27 bits per heavy atom. The maximum Gasteiger partial charge on any atom is -0.0170 e. The van der Waals surface area contributed by atoms with E-state index in [9.17, 15) is 5.21 Å². The smallest absolute Gasteiger partial charge is 0.0170 e. The molecule has 0 atom stereocenters. The summed E-state index contributed by atoms with van der Waals surface area (Å²) in [7, 11) is 0. The normalized spacial score (nSPS) is 11.2. The lowest BCUT2D eigenvalue weighted by Crippen LogP contribution is -2.04. The van der Waals surface area contributed by atoms with Crippen molar-refractivity contribution in [1.82, 2.24) is 5.48 Å². The van der Waals surface area contributed by atoms with Crippen LogP contribution in [0.1, 0.15) is 71.6 Å². The summed E-state index contributed by atoms with van der Waals surface area (Å²) < 4.78 is 0. The molecule has 0 fully saturated rings. The number of hydrogen-bond acceptors (Lipinski definition) is 2. The Morgan fingerprint density at radius 1 is 0.800 bits per heavy atom. The van der Waals surface area contributed by atoms with Gasteiger partial charge in [0.2, 0.25) is 0 Å². The maximum absolute atomic E-state index is 9.94. The quantitative estimate of drug-likeness (QED) is 0.412. The van der Waals surface area contributed by atoms with Gasteiger partial charge >= 0.3 is 0 Å². The Kier molecular flexibility index (Phi) is 11.9. The second-order valence-electron chi connectivity index (χ2n) is 4.91. The van der Waals surface area contributed by atoms with E-state index in [1.807, 2.05) is 5.48 Å². The second-order valence-corrected chi connectivity index (χ2v) is 4.91. The van der Waals surface area contributed by atoms with Gasteiger partial charge in [0.15, 0.2) is 0 Å². The summed E-state index contributed by atoms with van der Waals surface area (Å²) in [5, 5.41) is 9.94. The number of nitrogens with one attached hydrogen (secondary N) is 1. The molecule has 2 heteroatoms. The van der Waals surface area contributed by atoms with Crippen molar-refractivity contribution < 1.29 is 0 Å². The van der Waals surface area contributed by atoms with Gasteiger partial charge in [-0.2, -0.15) is 0 Å². The predicted molar refractivity (Wildman–Crippen MR) is 67.8 cm³/mol. The van der Waals surface area contributed by atoms with Crippen molar-refractivity contribution in [3.8, 4) is 0 Å². The van der Waals surface area contributed by atoms with Crippen molar-refractivity contribution in [2.24, 2.45) is 5.92 Å². The van der Waals surface area contributed by atoms with Crippen LogP contribution in [0.3, 0.4) is 0 Å². The molecule has 0 spiro atoms. The predicted octanol–water partition coefficient (Wildman–Crippen LogP) is 4.24. The van der Waals surface area contributed by atoms with Crippen LogP contribution in [0.15, 0.2) is 0 Å². The standard InChI is InChI=1S/C13H28NO/c1-13(2)11-9-7-5-3-4-6-8-10-12-14-15/h13-14H,3-12H2,1-2H3/q-1. The third kappa shape index (κ3) is 13.9. The highest BCUT2D eigenvalue weighted by Crippen LogP contribution is 2.12. The summed E-state index contributed by atoms with van der Waals surface area (Å²) in [6.07, 6.45) is 11.9. The molecule has 92 valence electrons. The van der Waals surface area contributed by atoms with Crippen LogP contribution in [-0.4, -0.2) is 6.54 Å². The SMILES string of the molecule is CC(C)CCCCCCCCCCN[O-]. The van der Waals surface area contributed by atoms with Gasteiger partial charge in [-0.15, -0.1) is 0 Å². The number of hydroxylamine groups is 1. The number of unbranched alkanes of at least 4 members (excludes halogenated alkanes) is 7. The molecule has 0 heterocycles. The Balaban J connectivity index is 2.87. The van der Waals surface area contributed by atoms with Crippen molar-refractivity contribution in [1.29, 1.82) is 0 Å². The fourth-order valence-corrected chi connectivity index (χ4v) is 1.81. The molecule has 0 aliphatic carbocycles. The monoisotopic (exact) mass is 214 g/mol. The fraction of sp³-hybridized carbons (Fsp3) is 1.00. The molecule has 0 rings (SSSR count). The topological polar surface area (TPSA) is 35.1 Å². The number of rotatable bonds is 11. The van der Waals surface area contributed by atoms with E-state index >= 15 is 0 Å². The zero-order valence-corrected chi connectivity index (χ0v) is 10.6. The summed E-state index contributed by atoms with van der Waals surface area (Å²) in [5.41, 5.74) is 1.95. The van der Waals surface area contributed by atoms with Gasteiger partial charge in [0.25, 0.3) is 0 Å². The lowest BCUT2D eigenvalue weighted by molar-refractivity contribution is 0.507. The van der Waals surface area contributed by atoms with Crippen LogP contribution < -0.4 is 5.48 Å². The summed E-state index contributed by atoms with van der Waals surface area (Å²) in [6.45, 7) is 5.22. The van der Waals surface area contributed by atoms with Crippen molar-refractivity contribution in [3.05, 3.63) is 5.21 Å². The number of hydrogen-bond donors (Lipinski definition) is 1. The largest absolute Gasteiger partial charge is 0.788 e. The molecule has 2 nitrogen and oxygen atoms in total. The molecular formula is C13H28NO-. The Labute approximate surface area is 95.4 Å². The van der Waals surface area contributed by atoms with E-state index in [1.165, 1.54) is 51.4 Å². The Hall–Kier alpha value is -0.0800. The average molecular weight is 214 g/mol. The summed E-state index contributed by atoms with van der Waals surface area (Å²) in [5.74, 6) is 0.865. The molecule has 0 aromatic rings. The third-order valence-electron chi connectivity index (χ3n) is 2.81. The molecule has 0 bridgehead atoms. The minimum Gasteiger partial charge on any atom is -0.788 e. The zero-order chi connectivity index (χ0) is 11.4. The first-order valence-corrected chi connectivity index (χ1v) is 6.62. The van der Waals surface area contributed by atoms with Crippen LogP contribution in [0.2, 0.25) is 0 Å². The van der Waals surface area contributed by atoms with Gasteiger partial charge in [0, 0.05) is 0 Å². The fourth-order valence-electron chi connectivity index (χ4n) is 1.81. The van der Waals surface area contributed by atoms with E-state index in [1.54, 1.807) is 0 Å². The average Bonchev–Trinajstić information content (AvgIpc) is 2.20. The highest BCUT2D eigenvalue weighted by atomic mass is 16.5. The minimum atomic E-state index is 0.633. The van der Waals surface area contributed by atoms with E-state index < -0.39 is 0 Å². The first-order valence-electron chi connectivity index (χ1n) is 6.62. The molecule has 0 saturated carbocycles. The van der Waals surface area contributed by atoms with Gasteiger partial charge in [0.05, 0.1) is 0 Å². The minimum absolute atomic E-state index is 0.633. The van der Waals surface area contributed by atoms with Gasteiger partial charge < -0.3 is 10.7 Å². The molecule has 0 radical (unpaired) electrons. The van der Waals surface area contributed by atoms with E-state index in [0.717, 1.165) is 12.3 Å². The van der Waals surface area contributed by atoms with Crippen molar-refractivity contribution in [3.63, 3.8) is 0 Å². The third-order valence-corrected chi connectivity index (χ3v) is 2.81. The first-order chi connectivity index (χ1) is 7.27. The maximum atomic E-state index is 9.94. The van der Waals surface area contributed by atoms with Gasteiger partial charge in [-0.05, 0) is 18.9 Å². The van der Waals surface area contributed by atoms with Gasteiger partial charge in [0.1, 0.15) is 0 Å². The van der Waals surface area contributed by atoms with Crippen molar-refractivity contribution in [2.45, 2.75) is 71.6 Å². The van der Waals surface area contributed by atoms with Crippen LogP contribution in [0.25, 0.3) is 0 Å². The molecule has 0 saturated heterocycles. The molecule has 0 aliphatic heterocycles. The first kappa shape index (κ1) is 14.9. The van der Waals surface area contributed by atoms with Gasteiger partial charge in [-0.1, -0.05) is 65.2 Å². The molecule has 0 aromatic carbocycles. The van der Waals surface area contributed by atoms with Gasteiger partial charge in [-0.25, -0.2) is 0 Å². The molecular weight excluding hydrogens is 186 g/mol. The lowest BCUT2D eigenvalue weighted by atomic mass is 10.0. The van der Waals surface area contributed by atoms with Crippen LogP contribution in [-0.2, 0) is 0 Å². The lowest BCUT2D eigenvalue weighted by Gasteiger charge is -2.06. The highest BCUT2D eigenvalue weighted by Gasteiger charge is 1.94. The van der Waals surface area contributed by atoms with Crippen LogP contribution >= 0.6 is 0 Å². The summed E-state index contributed by atoms with van der Waals surface area (Å²) in [6, 6.07) is 0. The van der Waals surface area contributed by atoms with E-state index in [0.29, 0.717) is 6.54 Å². The Morgan fingerprint density at radius 3 is 1.73 bits per heavy atom. The molecule has 0 unspecified atom stereocenters. The highest BCUT2D eigenvalue weighted by molar-refractivity contribution is 4.50. The van der Waals surface area contributed by atoms with E-state index in [-0.39, 0.29) is 0 Å². The van der Waals surface area contributed by atoms with Crippen LogP contribution in [0.5, 0.6) is 0 Å². The molecule has 0 amide bonds. The summed E-state index contributed by atoms with van der Waals surface area (Å²) >= 11 is 0. The molecule has 1 N–H and O–H groups in total. The molecule has 0 aromatic heterocycles. The summed E-state index contributed by atoms with van der Waals surface area (Å²) in [4.78, 5) is 0. The molecule has 0 aliphatic rings.